The Balaban J connectivity index is 1.69. The molecule has 5 aromatic rings. The SMILES string of the molecule is Cc1nc(-c2c(N)ncnc2N[C@@H](C)c2nc3cccc(C#CC(C)(C)O)c3c(=O)n2-c2ccccc2)no1. The average molecular weight is 523 g/mol. The zero-order valence-electron chi connectivity index (χ0n) is 21.8. The fraction of sp³-hybridized carbons (Fsp3) is 0.214. The van der Waals surface area contributed by atoms with Gasteiger partial charge < -0.3 is 20.7 Å². The first-order chi connectivity index (χ1) is 18.6. The van der Waals surface area contributed by atoms with Gasteiger partial charge in [0.1, 0.15) is 35.0 Å². The Hall–Kier alpha value is -5.08. The van der Waals surface area contributed by atoms with Crippen LogP contribution in [0.25, 0.3) is 28.0 Å². The molecule has 0 aliphatic rings. The maximum absolute atomic E-state index is 14.1. The van der Waals surface area contributed by atoms with E-state index in [9.17, 15) is 9.90 Å². The third kappa shape index (κ3) is 5.18. The number of nitrogens with two attached hydrogens (primary N) is 1. The standard InChI is InChI=1S/C28H26N8O3/c1-16(32-24-22(23(29)30-15-31-24)25-33-17(2)39-35-25)26-34-20-12-8-9-18(13-14-28(3,4)38)21(20)27(37)36(26)19-10-6-5-7-11-19/h5-12,15-16,38H,1-4H3,(H3,29,30,31,32)/t16-/m0/s1. The van der Waals surface area contributed by atoms with Gasteiger partial charge in [-0.25, -0.2) is 15.0 Å². The summed E-state index contributed by atoms with van der Waals surface area (Å²) in [6, 6.07) is 13.9. The molecule has 0 fully saturated rings. The van der Waals surface area contributed by atoms with E-state index in [4.69, 9.17) is 15.2 Å². The van der Waals surface area contributed by atoms with Crippen molar-refractivity contribution in [3.8, 4) is 28.9 Å². The van der Waals surface area contributed by atoms with Gasteiger partial charge in [0.15, 0.2) is 0 Å². The molecule has 0 bridgehead atoms. The molecular weight excluding hydrogens is 496 g/mol. The average Bonchev–Trinajstić information content (AvgIpc) is 3.32. The second-order valence-electron chi connectivity index (χ2n) is 9.44. The molecule has 0 spiro atoms. The number of hydrogen-bond donors (Lipinski definition) is 3. The zero-order chi connectivity index (χ0) is 27.7. The van der Waals surface area contributed by atoms with E-state index >= 15 is 0 Å². The Morgan fingerprint density at radius 2 is 1.87 bits per heavy atom. The second kappa shape index (κ2) is 10.00. The van der Waals surface area contributed by atoms with Crippen LogP contribution in [0.1, 0.15) is 44.1 Å². The highest BCUT2D eigenvalue weighted by Crippen LogP contribution is 2.31. The maximum Gasteiger partial charge on any atom is 0.267 e. The van der Waals surface area contributed by atoms with E-state index < -0.39 is 11.6 Å². The van der Waals surface area contributed by atoms with Crippen LogP contribution in [0.3, 0.4) is 0 Å². The highest BCUT2D eigenvalue weighted by molar-refractivity contribution is 5.85. The number of anilines is 2. The summed E-state index contributed by atoms with van der Waals surface area (Å²) in [4.78, 5) is 31.7. The number of hydrogen-bond acceptors (Lipinski definition) is 10. The summed E-state index contributed by atoms with van der Waals surface area (Å²) in [5.41, 5.74) is 6.58. The molecule has 0 saturated carbocycles. The third-order valence-corrected chi connectivity index (χ3v) is 5.81. The van der Waals surface area contributed by atoms with Crippen molar-refractivity contribution in [1.29, 1.82) is 0 Å². The van der Waals surface area contributed by atoms with Crippen molar-refractivity contribution in [2.24, 2.45) is 0 Å². The number of para-hydroxylation sites is 1. The molecule has 5 rings (SSSR count). The minimum atomic E-state index is -1.22. The Kier molecular flexibility index (Phi) is 6.55. The summed E-state index contributed by atoms with van der Waals surface area (Å²) in [5, 5.41) is 17.7. The van der Waals surface area contributed by atoms with E-state index in [2.05, 4.69) is 37.3 Å². The van der Waals surface area contributed by atoms with Crippen LogP contribution in [0.4, 0.5) is 11.6 Å². The molecular formula is C28H26N8O3. The van der Waals surface area contributed by atoms with Crippen molar-refractivity contribution < 1.29 is 9.63 Å². The number of nitrogen functional groups attached to an aromatic ring is 1. The number of nitrogens with one attached hydrogen (secondary N) is 1. The van der Waals surface area contributed by atoms with Gasteiger partial charge in [0.05, 0.1) is 22.6 Å². The van der Waals surface area contributed by atoms with Crippen LogP contribution in [0.15, 0.2) is 64.2 Å². The quantitative estimate of drug-likeness (QED) is 0.292. The van der Waals surface area contributed by atoms with Gasteiger partial charge in [0.2, 0.25) is 11.7 Å². The second-order valence-corrected chi connectivity index (χ2v) is 9.44. The molecule has 0 aliphatic heterocycles. The Morgan fingerprint density at radius 3 is 2.56 bits per heavy atom. The molecule has 4 N–H and O–H groups in total. The molecule has 1 atom stereocenters. The number of aromatic nitrogens is 6. The van der Waals surface area contributed by atoms with E-state index in [1.54, 1.807) is 39.0 Å². The smallest absolute Gasteiger partial charge is 0.267 e. The monoisotopic (exact) mass is 522 g/mol. The van der Waals surface area contributed by atoms with Gasteiger partial charge in [-0.3, -0.25) is 9.36 Å². The molecule has 11 heteroatoms. The topological polar surface area (TPSA) is 158 Å². The number of fused-ring (bicyclic) bond motifs is 1. The summed E-state index contributed by atoms with van der Waals surface area (Å²) in [5.74, 6) is 7.29. The van der Waals surface area contributed by atoms with E-state index in [1.165, 1.54) is 10.9 Å². The van der Waals surface area contributed by atoms with Crippen LogP contribution in [-0.2, 0) is 0 Å². The highest BCUT2D eigenvalue weighted by Gasteiger charge is 2.23. The van der Waals surface area contributed by atoms with E-state index in [0.717, 1.165) is 0 Å². The lowest BCUT2D eigenvalue weighted by atomic mass is 10.1. The minimum Gasteiger partial charge on any atom is -0.383 e. The first-order valence-electron chi connectivity index (χ1n) is 12.2. The summed E-state index contributed by atoms with van der Waals surface area (Å²) in [6.45, 7) is 6.70. The molecule has 0 radical (unpaired) electrons. The van der Waals surface area contributed by atoms with Crippen molar-refractivity contribution in [1.82, 2.24) is 29.7 Å². The summed E-state index contributed by atoms with van der Waals surface area (Å²) < 4.78 is 6.67. The first-order valence-corrected chi connectivity index (χ1v) is 12.2. The van der Waals surface area contributed by atoms with Crippen molar-refractivity contribution in [2.75, 3.05) is 11.1 Å². The van der Waals surface area contributed by atoms with Gasteiger partial charge in [-0.1, -0.05) is 41.3 Å². The van der Waals surface area contributed by atoms with Crippen LogP contribution in [0, 0.1) is 18.8 Å². The van der Waals surface area contributed by atoms with Crippen molar-refractivity contribution in [2.45, 2.75) is 39.3 Å². The lowest BCUT2D eigenvalue weighted by molar-refractivity contribution is 0.143. The Labute approximate surface area is 223 Å². The summed E-state index contributed by atoms with van der Waals surface area (Å²) >= 11 is 0. The molecule has 0 amide bonds. The Bertz CT molecular complexity index is 1790. The largest absolute Gasteiger partial charge is 0.383 e. The first kappa shape index (κ1) is 25.6. The molecule has 39 heavy (non-hydrogen) atoms. The van der Waals surface area contributed by atoms with Crippen LogP contribution in [-0.4, -0.2) is 40.4 Å². The van der Waals surface area contributed by atoms with E-state index in [0.29, 0.717) is 45.3 Å². The molecule has 3 heterocycles. The van der Waals surface area contributed by atoms with E-state index in [-0.39, 0.29) is 17.2 Å². The number of nitrogens with zero attached hydrogens (tertiary/aromatic N) is 6. The minimum absolute atomic E-state index is 0.169. The lowest BCUT2D eigenvalue weighted by Gasteiger charge is -2.21. The van der Waals surface area contributed by atoms with Crippen molar-refractivity contribution in [3.63, 3.8) is 0 Å². The Morgan fingerprint density at radius 1 is 1.10 bits per heavy atom. The number of aryl methyl sites for hydroxylation is 1. The predicted molar refractivity (Wildman–Crippen MR) is 147 cm³/mol. The predicted octanol–water partition coefficient (Wildman–Crippen LogP) is 3.41. The van der Waals surface area contributed by atoms with Gasteiger partial charge in [0.25, 0.3) is 5.56 Å². The molecule has 0 saturated heterocycles. The molecule has 2 aromatic carbocycles. The maximum atomic E-state index is 14.1. The normalized spacial score (nSPS) is 12.1. The number of aliphatic hydroxyl groups is 1. The third-order valence-electron chi connectivity index (χ3n) is 5.81. The van der Waals surface area contributed by atoms with Crippen LogP contribution in [0.2, 0.25) is 0 Å². The lowest BCUT2D eigenvalue weighted by Crippen LogP contribution is -2.28. The van der Waals surface area contributed by atoms with Gasteiger partial charge >= 0.3 is 0 Å². The zero-order valence-corrected chi connectivity index (χ0v) is 21.8. The molecule has 196 valence electrons. The van der Waals surface area contributed by atoms with Gasteiger partial charge in [0, 0.05) is 12.5 Å². The van der Waals surface area contributed by atoms with Crippen LogP contribution < -0.4 is 16.6 Å². The summed E-state index contributed by atoms with van der Waals surface area (Å²) in [6.07, 6.45) is 1.33. The van der Waals surface area contributed by atoms with E-state index in [1.807, 2.05) is 37.3 Å². The van der Waals surface area contributed by atoms with Crippen LogP contribution in [0.5, 0.6) is 0 Å². The van der Waals surface area contributed by atoms with Crippen LogP contribution >= 0.6 is 0 Å². The fourth-order valence-corrected chi connectivity index (χ4v) is 4.09. The van der Waals surface area contributed by atoms with Crippen molar-refractivity contribution >= 4 is 22.5 Å². The molecule has 0 aliphatic carbocycles. The number of benzene rings is 2. The molecule has 0 unspecified atom stereocenters. The summed E-state index contributed by atoms with van der Waals surface area (Å²) in [7, 11) is 0. The highest BCUT2D eigenvalue weighted by atomic mass is 16.5. The van der Waals surface area contributed by atoms with Gasteiger partial charge in [-0.05, 0) is 45.0 Å². The molecule has 11 nitrogen and oxygen atoms in total. The van der Waals surface area contributed by atoms with Crippen molar-refractivity contribution in [3.05, 3.63) is 82.5 Å². The number of rotatable bonds is 5. The molecule has 3 aromatic heterocycles. The van der Waals surface area contributed by atoms with Gasteiger partial charge in [-0.15, -0.1) is 0 Å². The fourth-order valence-electron chi connectivity index (χ4n) is 4.09. The van der Waals surface area contributed by atoms with Gasteiger partial charge in [-0.2, -0.15) is 4.98 Å².